The first-order valence-corrected chi connectivity index (χ1v) is 9.96. The van der Waals surface area contributed by atoms with Crippen molar-refractivity contribution < 1.29 is 19.1 Å². The van der Waals surface area contributed by atoms with Crippen LogP contribution in [0.15, 0.2) is 60.7 Å². The summed E-state index contributed by atoms with van der Waals surface area (Å²) in [6.07, 6.45) is 0. The van der Waals surface area contributed by atoms with Crippen LogP contribution in [-0.4, -0.2) is 29.7 Å². The molecule has 6 nitrogen and oxygen atoms in total. The predicted molar refractivity (Wildman–Crippen MR) is 118 cm³/mol. The van der Waals surface area contributed by atoms with Crippen LogP contribution in [0.25, 0.3) is 0 Å². The lowest BCUT2D eigenvalue weighted by Crippen LogP contribution is -2.29. The van der Waals surface area contributed by atoms with Crippen molar-refractivity contribution in [1.82, 2.24) is 4.90 Å². The summed E-state index contributed by atoms with van der Waals surface area (Å²) in [5, 5.41) is 3.44. The first kappa shape index (κ1) is 20.6. The van der Waals surface area contributed by atoms with Gasteiger partial charge in [-0.25, -0.2) is 0 Å². The molecule has 3 amide bonds. The zero-order chi connectivity index (χ0) is 22.1. The predicted octanol–water partition coefficient (Wildman–Crippen LogP) is 4.71. The van der Waals surface area contributed by atoms with E-state index in [1.54, 1.807) is 60.7 Å². The summed E-state index contributed by atoms with van der Waals surface area (Å²) in [7, 11) is 1.48. The maximum Gasteiger partial charge on any atom is 0.261 e. The molecule has 4 rings (SSSR count). The Bertz CT molecular complexity index is 1190. The van der Waals surface area contributed by atoms with E-state index in [4.69, 9.17) is 16.3 Å². The first-order chi connectivity index (χ1) is 14.9. The van der Waals surface area contributed by atoms with Crippen molar-refractivity contribution in [2.75, 3.05) is 12.4 Å². The lowest BCUT2D eigenvalue weighted by molar-refractivity contribution is 0.0642. The number of imide groups is 1. The Morgan fingerprint density at radius 1 is 1.00 bits per heavy atom. The van der Waals surface area contributed by atoms with E-state index in [-0.39, 0.29) is 24.3 Å². The third kappa shape index (κ3) is 3.90. The van der Waals surface area contributed by atoms with Gasteiger partial charge in [0.05, 0.1) is 30.3 Å². The van der Waals surface area contributed by atoms with Crippen molar-refractivity contribution in [2.24, 2.45) is 0 Å². The zero-order valence-corrected chi connectivity index (χ0v) is 17.7. The van der Waals surface area contributed by atoms with Crippen LogP contribution in [0.1, 0.15) is 42.2 Å². The third-order valence-electron chi connectivity index (χ3n) is 5.16. The second-order valence-corrected chi connectivity index (χ2v) is 7.63. The number of carbonyl (C=O) groups is 3. The Morgan fingerprint density at radius 2 is 1.68 bits per heavy atom. The van der Waals surface area contributed by atoms with E-state index in [2.05, 4.69) is 5.32 Å². The SMILES string of the molecule is COc1ccc(CN2C(=O)c3ccccc3C2=O)cc1C(=O)Nc1ccc(Cl)cc1C. The van der Waals surface area contributed by atoms with Crippen LogP contribution in [0.5, 0.6) is 5.75 Å². The van der Waals surface area contributed by atoms with Crippen LogP contribution in [0.2, 0.25) is 5.02 Å². The normalized spacial score (nSPS) is 12.7. The summed E-state index contributed by atoms with van der Waals surface area (Å²) in [4.78, 5) is 39.4. The topological polar surface area (TPSA) is 75.7 Å². The lowest BCUT2D eigenvalue weighted by Gasteiger charge is -2.16. The standard InChI is InChI=1S/C24H19ClN2O4/c1-14-11-16(25)8-9-20(14)26-22(28)19-12-15(7-10-21(19)31-2)13-27-23(29)17-5-3-4-6-18(17)24(27)30/h3-12H,13H2,1-2H3,(H,26,28). The number of hydrogen-bond donors (Lipinski definition) is 1. The molecule has 0 atom stereocenters. The number of anilines is 1. The Morgan fingerprint density at radius 3 is 2.29 bits per heavy atom. The molecule has 1 aliphatic heterocycles. The molecule has 1 aliphatic rings. The van der Waals surface area contributed by atoms with Gasteiger partial charge in [0.25, 0.3) is 17.7 Å². The van der Waals surface area contributed by atoms with Gasteiger partial charge in [0.15, 0.2) is 0 Å². The zero-order valence-electron chi connectivity index (χ0n) is 16.9. The van der Waals surface area contributed by atoms with Crippen molar-refractivity contribution in [3.05, 3.63) is 93.5 Å². The molecule has 0 aromatic heterocycles. The molecule has 0 fully saturated rings. The van der Waals surface area contributed by atoms with Crippen molar-refractivity contribution >= 4 is 35.0 Å². The second-order valence-electron chi connectivity index (χ2n) is 7.19. The number of rotatable bonds is 5. The van der Waals surface area contributed by atoms with Crippen molar-refractivity contribution in [1.29, 1.82) is 0 Å². The van der Waals surface area contributed by atoms with Crippen LogP contribution < -0.4 is 10.1 Å². The average molecular weight is 435 g/mol. The third-order valence-corrected chi connectivity index (χ3v) is 5.40. The van der Waals surface area contributed by atoms with Crippen LogP contribution in [0, 0.1) is 6.92 Å². The smallest absolute Gasteiger partial charge is 0.261 e. The highest BCUT2D eigenvalue weighted by atomic mass is 35.5. The van der Waals surface area contributed by atoms with Gasteiger partial charge in [-0.05, 0) is 60.5 Å². The molecule has 0 radical (unpaired) electrons. The number of nitrogens with one attached hydrogen (secondary N) is 1. The van der Waals surface area contributed by atoms with Crippen molar-refractivity contribution in [3.8, 4) is 5.75 Å². The van der Waals surface area contributed by atoms with E-state index in [0.717, 1.165) is 5.56 Å². The molecule has 0 unspecified atom stereocenters. The minimum absolute atomic E-state index is 0.0522. The van der Waals surface area contributed by atoms with Crippen LogP contribution in [0.3, 0.4) is 0 Å². The molecule has 1 N–H and O–H groups in total. The molecular formula is C24H19ClN2O4. The Kier molecular flexibility index (Phi) is 5.48. The van der Waals surface area contributed by atoms with E-state index in [1.807, 2.05) is 6.92 Å². The van der Waals surface area contributed by atoms with Crippen molar-refractivity contribution in [3.63, 3.8) is 0 Å². The quantitative estimate of drug-likeness (QED) is 0.590. The van der Waals surface area contributed by atoms with E-state index in [9.17, 15) is 14.4 Å². The molecule has 0 aliphatic carbocycles. The van der Waals surface area contributed by atoms with Crippen LogP contribution >= 0.6 is 11.6 Å². The minimum atomic E-state index is -0.369. The molecule has 156 valence electrons. The fourth-order valence-electron chi connectivity index (χ4n) is 3.55. The monoisotopic (exact) mass is 434 g/mol. The number of benzene rings is 3. The fourth-order valence-corrected chi connectivity index (χ4v) is 3.78. The van der Waals surface area contributed by atoms with Crippen LogP contribution in [0.4, 0.5) is 5.69 Å². The van der Waals surface area contributed by atoms with Crippen LogP contribution in [-0.2, 0) is 6.54 Å². The maximum atomic E-state index is 13.0. The van der Waals surface area contributed by atoms with Gasteiger partial charge >= 0.3 is 0 Å². The van der Waals surface area contributed by atoms with Gasteiger partial charge in [0.2, 0.25) is 0 Å². The lowest BCUT2D eigenvalue weighted by atomic mass is 10.1. The highest BCUT2D eigenvalue weighted by Gasteiger charge is 2.35. The first-order valence-electron chi connectivity index (χ1n) is 9.58. The Balaban J connectivity index is 1.60. The number of amides is 3. The number of carbonyl (C=O) groups excluding carboxylic acids is 3. The van der Waals surface area contributed by atoms with Gasteiger partial charge in [-0.1, -0.05) is 29.8 Å². The van der Waals surface area contributed by atoms with Gasteiger partial charge < -0.3 is 10.1 Å². The molecule has 3 aromatic carbocycles. The number of methoxy groups -OCH3 is 1. The molecular weight excluding hydrogens is 416 g/mol. The Labute approximate surface area is 184 Å². The van der Waals surface area contributed by atoms with E-state index in [1.165, 1.54) is 12.0 Å². The number of halogens is 1. The average Bonchev–Trinajstić information content (AvgIpc) is 3.00. The highest BCUT2D eigenvalue weighted by molar-refractivity contribution is 6.30. The molecule has 31 heavy (non-hydrogen) atoms. The van der Waals surface area contributed by atoms with Gasteiger partial charge in [-0.2, -0.15) is 0 Å². The van der Waals surface area contributed by atoms with Gasteiger partial charge in [-0.3, -0.25) is 19.3 Å². The van der Waals surface area contributed by atoms with Gasteiger partial charge in [0.1, 0.15) is 5.75 Å². The Hall–Kier alpha value is -3.64. The summed E-state index contributed by atoms with van der Waals surface area (Å²) in [6, 6.07) is 16.9. The number of aryl methyl sites for hydroxylation is 1. The number of ether oxygens (including phenoxy) is 1. The summed E-state index contributed by atoms with van der Waals surface area (Å²) < 4.78 is 5.34. The molecule has 3 aromatic rings. The van der Waals surface area contributed by atoms with Crippen molar-refractivity contribution in [2.45, 2.75) is 13.5 Å². The van der Waals surface area contributed by atoms with E-state index < -0.39 is 0 Å². The molecule has 0 bridgehead atoms. The number of fused-ring (bicyclic) bond motifs is 1. The molecule has 0 saturated heterocycles. The van der Waals surface area contributed by atoms with E-state index in [0.29, 0.717) is 38.7 Å². The highest BCUT2D eigenvalue weighted by Crippen LogP contribution is 2.27. The minimum Gasteiger partial charge on any atom is -0.496 e. The van der Waals surface area contributed by atoms with Gasteiger partial charge in [0, 0.05) is 10.7 Å². The molecule has 0 spiro atoms. The molecule has 7 heteroatoms. The summed E-state index contributed by atoms with van der Waals surface area (Å²) in [5.74, 6) is -0.680. The number of hydrogen-bond acceptors (Lipinski definition) is 4. The summed E-state index contributed by atoms with van der Waals surface area (Å²) >= 11 is 5.98. The summed E-state index contributed by atoms with van der Waals surface area (Å²) in [5.41, 5.74) is 3.15. The maximum absolute atomic E-state index is 13.0. The second kappa shape index (κ2) is 8.24. The largest absolute Gasteiger partial charge is 0.496 e. The number of nitrogens with zero attached hydrogens (tertiary/aromatic N) is 1. The summed E-state index contributed by atoms with van der Waals surface area (Å²) in [6.45, 7) is 1.90. The molecule has 1 heterocycles. The molecule has 0 saturated carbocycles. The fraction of sp³-hybridized carbons (Fsp3) is 0.125. The van der Waals surface area contributed by atoms with E-state index >= 15 is 0 Å². The van der Waals surface area contributed by atoms with Gasteiger partial charge in [-0.15, -0.1) is 0 Å².